The molecule has 7 nitrogen and oxygen atoms in total. The van der Waals surface area contributed by atoms with Gasteiger partial charge in [-0.2, -0.15) is 0 Å². The third kappa shape index (κ3) is 4.93. The first kappa shape index (κ1) is 24.9. The zero-order chi connectivity index (χ0) is 26.3. The smallest absolute Gasteiger partial charge is 0.270 e. The van der Waals surface area contributed by atoms with Crippen molar-refractivity contribution in [2.24, 2.45) is 5.92 Å². The topological polar surface area (TPSA) is 74.7 Å². The predicted octanol–water partition coefficient (Wildman–Crippen LogP) is 4.35. The Hall–Kier alpha value is -3.78. The first-order valence-electron chi connectivity index (χ1n) is 12.6. The zero-order valence-corrected chi connectivity index (χ0v) is 22.1. The molecule has 2 aromatic carbocycles. The number of para-hydroxylation sites is 1. The fourth-order valence-corrected chi connectivity index (χ4v) is 5.43. The average Bonchev–Trinajstić information content (AvgIpc) is 3.18. The highest BCUT2D eigenvalue weighted by Crippen LogP contribution is 2.28. The van der Waals surface area contributed by atoms with Gasteiger partial charge in [-0.25, -0.2) is 0 Å². The van der Waals surface area contributed by atoms with Crippen LogP contribution in [0.15, 0.2) is 54.2 Å². The van der Waals surface area contributed by atoms with Crippen molar-refractivity contribution < 1.29 is 14.4 Å². The van der Waals surface area contributed by atoms with E-state index in [2.05, 4.69) is 12.2 Å². The van der Waals surface area contributed by atoms with Gasteiger partial charge >= 0.3 is 0 Å². The van der Waals surface area contributed by atoms with Gasteiger partial charge in [-0.1, -0.05) is 31.2 Å². The van der Waals surface area contributed by atoms with Crippen molar-refractivity contribution in [3.63, 3.8) is 0 Å². The van der Waals surface area contributed by atoms with Gasteiger partial charge in [-0.05, 0) is 80.2 Å². The number of nitrogens with zero attached hydrogens (tertiary/aromatic N) is 3. The number of anilines is 1. The number of nitrogens with one attached hydrogen (secondary N) is 1. The minimum absolute atomic E-state index is 0.00740. The molecule has 2 saturated heterocycles. The van der Waals surface area contributed by atoms with Gasteiger partial charge in [0.1, 0.15) is 12.1 Å². The molecular weight excluding hydrogens is 484 g/mol. The highest BCUT2D eigenvalue weighted by molar-refractivity contribution is 7.80. The normalized spacial score (nSPS) is 18.1. The molecule has 0 aliphatic carbocycles. The zero-order valence-electron chi connectivity index (χ0n) is 21.3. The Labute approximate surface area is 221 Å². The number of amides is 3. The van der Waals surface area contributed by atoms with E-state index in [1.54, 1.807) is 6.08 Å². The van der Waals surface area contributed by atoms with Gasteiger partial charge in [0, 0.05) is 35.8 Å². The Balaban J connectivity index is 1.49. The van der Waals surface area contributed by atoms with Gasteiger partial charge in [0.15, 0.2) is 5.11 Å². The number of aromatic nitrogens is 1. The maximum atomic E-state index is 13.6. The van der Waals surface area contributed by atoms with Crippen molar-refractivity contribution in [1.29, 1.82) is 0 Å². The second kappa shape index (κ2) is 9.94. The lowest BCUT2D eigenvalue weighted by Gasteiger charge is -2.30. The maximum Gasteiger partial charge on any atom is 0.270 e. The van der Waals surface area contributed by atoms with Crippen LogP contribution in [0.2, 0.25) is 0 Å². The van der Waals surface area contributed by atoms with E-state index in [1.165, 1.54) is 4.90 Å². The molecule has 3 amide bonds. The van der Waals surface area contributed by atoms with E-state index in [0.717, 1.165) is 48.0 Å². The van der Waals surface area contributed by atoms with Crippen LogP contribution < -0.4 is 10.2 Å². The summed E-state index contributed by atoms with van der Waals surface area (Å²) in [6.45, 7) is 7.88. The van der Waals surface area contributed by atoms with Crippen LogP contribution in [-0.4, -0.2) is 45.4 Å². The maximum absolute atomic E-state index is 13.6. The number of hydrogen-bond donors (Lipinski definition) is 1. The fourth-order valence-electron chi connectivity index (χ4n) is 5.15. The second-order valence-corrected chi connectivity index (χ2v) is 10.5. The lowest BCUT2D eigenvalue weighted by molar-refractivity contribution is -0.133. The molecule has 0 bridgehead atoms. The molecule has 1 aromatic heterocycles. The molecule has 0 unspecified atom stereocenters. The van der Waals surface area contributed by atoms with E-state index in [0.29, 0.717) is 17.2 Å². The van der Waals surface area contributed by atoms with E-state index >= 15 is 0 Å². The molecule has 0 radical (unpaired) electrons. The molecule has 5 rings (SSSR count). The first-order valence-corrected chi connectivity index (χ1v) is 13.0. The SMILES string of the molecule is Cc1cc(C)cc(N2C(=O)/C(=C/c3cn(CC(=O)N4CCC(C)CC4)c4ccccc34)C(=O)NC2=S)c1. The number of carbonyl (C=O) groups excluding carboxylic acids is 3. The van der Waals surface area contributed by atoms with Crippen molar-refractivity contribution in [2.45, 2.75) is 40.2 Å². The van der Waals surface area contributed by atoms with Crippen LogP contribution >= 0.6 is 12.2 Å². The molecule has 0 spiro atoms. The third-order valence-corrected chi connectivity index (χ3v) is 7.41. The molecule has 8 heteroatoms. The molecule has 0 saturated carbocycles. The van der Waals surface area contributed by atoms with Gasteiger partial charge in [-0.15, -0.1) is 0 Å². The molecule has 2 aliphatic heterocycles. The lowest BCUT2D eigenvalue weighted by Crippen LogP contribution is -2.54. The molecule has 190 valence electrons. The minimum atomic E-state index is -0.536. The number of aryl methyl sites for hydroxylation is 2. The number of rotatable bonds is 4. The molecule has 1 N–H and O–H groups in total. The van der Waals surface area contributed by atoms with Crippen molar-refractivity contribution in [3.8, 4) is 0 Å². The van der Waals surface area contributed by atoms with E-state index in [-0.39, 0.29) is 23.1 Å². The molecule has 37 heavy (non-hydrogen) atoms. The van der Waals surface area contributed by atoms with Crippen LogP contribution in [0.5, 0.6) is 0 Å². The quantitative estimate of drug-likeness (QED) is 0.319. The Morgan fingerprint density at radius 1 is 1.08 bits per heavy atom. The lowest BCUT2D eigenvalue weighted by atomic mass is 9.99. The summed E-state index contributed by atoms with van der Waals surface area (Å²) < 4.78 is 1.90. The van der Waals surface area contributed by atoms with Crippen LogP contribution in [0.1, 0.15) is 36.5 Å². The fraction of sp³-hybridized carbons (Fsp3) is 0.310. The number of fused-ring (bicyclic) bond motifs is 1. The summed E-state index contributed by atoms with van der Waals surface area (Å²) in [5.41, 5.74) is 4.16. The van der Waals surface area contributed by atoms with E-state index < -0.39 is 11.8 Å². The number of piperidine rings is 1. The number of likely N-dealkylation sites (tertiary alicyclic amines) is 1. The molecule has 0 atom stereocenters. The van der Waals surface area contributed by atoms with Crippen LogP contribution in [0.4, 0.5) is 5.69 Å². The summed E-state index contributed by atoms with van der Waals surface area (Å²) in [6.07, 6.45) is 5.48. The molecular formula is C29H30N4O3S. The Kier molecular flexibility index (Phi) is 6.69. The van der Waals surface area contributed by atoms with Crippen molar-refractivity contribution >= 4 is 57.7 Å². The van der Waals surface area contributed by atoms with Crippen LogP contribution in [0, 0.1) is 19.8 Å². The molecule has 3 aromatic rings. The van der Waals surface area contributed by atoms with E-state index in [4.69, 9.17) is 12.2 Å². The van der Waals surface area contributed by atoms with Crippen molar-refractivity contribution in [1.82, 2.24) is 14.8 Å². The van der Waals surface area contributed by atoms with Crippen molar-refractivity contribution in [2.75, 3.05) is 18.0 Å². The van der Waals surface area contributed by atoms with Gasteiger partial charge in [0.05, 0.1) is 5.69 Å². The van der Waals surface area contributed by atoms with Crippen molar-refractivity contribution in [3.05, 3.63) is 70.9 Å². The largest absolute Gasteiger partial charge is 0.341 e. The number of benzene rings is 2. The van der Waals surface area contributed by atoms with Gasteiger partial charge in [-0.3, -0.25) is 24.6 Å². The Bertz CT molecular complexity index is 1440. The third-order valence-electron chi connectivity index (χ3n) is 7.13. The van der Waals surface area contributed by atoms with Gasteiger partial charge < -0.3 is 9.47 Å². The van der Waals surface area contributed by atoms with Gasteiger partial charge in [0.2, 0.25) is 5.91 Å². The molecule has 3 heterocycles. The summed E-state index contributed by atoms with van der Waals surface area (Å²) in [4.78, 5) is 42.8. The Morgan fingerprint density at radius 3 is 2.46 bits per heavy atom. The van der Waals surface area contributed by atoms with E-state index in [9.17, 15) is 14.4 Å². The standard InChI is InChI=1S/C29H30N4O3S/c1-18-8-10-31(11-9-18)26(34)17-32-16-21(23-6-4-5-7-25(23)32)15-24-27(35)30-29(37)33(28(24)36)22-13-19(2)12-20(3)14-22/h4-7,12-16,18H,8-11,17H2,1-3H3,(H,30,35,37)/b24-15+. The highest BCUT2D eigenvalue weighted by Gasteiger charge is 2.35. The minimum Gasteiger partial charge on any atom is -0.341 e. The number of hydrogen-bond acceptors (Lipinski definition) is 4. The number of carbonyl (C=O) groups is 3. The predicted molar refractivity (Wildman–Crippen MR) is 149 cm³/mol. The molecule has 2 fully saturated rings. The van der Waals surface area contributed by atoms with Crippen LogP contribution in [-0.2, 0) is 20.9 Å². The van der Waals surface area contributed by atoms with E-state index in [1.807, 2.05) is 72.0 Å². The summed E-state index contributed by atoms with van der Waals surface area (Å²) in [5, 5.41) is 3.58. The van der Waals surface area contributed by atoms with Gasteiger partial charge in [0.25, 0.3) is 11.8 Å². The summed E-state index contributed by atoms with van der Waals surface area (Å²) in [5.74, 6) is -0.297. The highest BCUT2D eigenvalue weighted by atomic mass is 32.1. The summed E-state index contributed by atoms with van der Waals surface area (Å²) >= 11 is 5.36. The Morgan fingerprint density at radius 2 is 1.76 bits per heavy atom. The monoisotopic (exact) mass is 514 g/mol. The van der Waals surface area contributed by atoms with Crippen LogP contribution in [0.3, 0.4) is 0 Å². The summed E-state index contributed by atoms with van der Waals surface area (Å²) in [7, 11) is 0. The second-order valence-electron chi connectivity index (χ2n) is 10.1. The number of thiocarbonyl (C=S) groups is 1. The summed E-state index contributed by atoms with van der Waals surface area (Å²) in [6, 6.07) is 13.4. The van der Waals surface area contributed by atoms with Crippen LogP contribution in [0.25, 0.3) is 17.0 Å². The average molecular weight is 515 g/mol. The first-order chi connectivity index (χ1) is 17.7. The molecule has 2 aliphatic rings.